The molecule has 10 nitrogen and oxygen atoms in total. The third-order valence-corrected chi connectivity index (χ3v) is 5.88. The van der Waals surface area contributed by atoms with Gasteiger partial charge in [0.1, 0.15) is 5.69 Å². The van der Waals surface area contributed by atoms with Gasteiger partial charge in [-0.25, -0.2) is 18.3 Å². The van der Waals surface area contributed by atoms with Crippen LogP contribution in [0, 0.1) is 11.6 Å². The Morgan fingerprint density at radius 3 is 2.40 bits per heavy atom. The van der Waals surface area contributed by atoms with Crippen LogP contribution in [-0.4, -0.2) is 73.3 Å². The molecule has 236 valence electrons. The van der Waals surface area contributed by atoms with Crippen LogP contribution in [0.2, 0.25) is 0 Å². The van der Waals surface area contributed by atoms with Crippen molar-refractivity contribution in [3.05, 3.63) is 65.7 Å². The van der Waals surface area contributed by atoms with Crippen LogP contribution >= 0.6 is 0 Å². The minimum absolute atomic E-state index is 0.188. The van der Waals surface area contributed by atoms with Crippen LogP contribution in [0.4, 0.5) is 38.3 Å². The predicted molar refractivity (Wildman–Crippen MR) is 151 cm³/mol. The van der Waals surface area contributed by atoms with E-state index in [9.17, 15) is 31.5 Å². The molecule has 2 heterocycles. The highest BCUT2D eigenvalue weighted by atomic mass is 19.4. The number of likely N-dealkylation sites (tertiary alicyclic amines) is 1. The van der Waals surface area contributed by atoms with E-state index in [1.807, 2.05) is 18.2 Å². The van der Waals surface area contributed by atoms with Crippen molar-refractivity contribution in [2.45, 2.75) is 32.4 Å². The minimum Gasteiger partial charge on any atom is -0.475 e. The van der Waals surface area contributed by atoms with Gasteiger partial charge in [-0.2, -0.15) is 13.2 Å². The van der Waals surface area contributed by atoms with Gasteiger partial charge in [0.15, 0.2) is 17.5 Å². The Kier molecular flexibility index (Phi) is 13.8. The summed E-state index contributed by atoms with van der Waals surface area (Å²) in [5, 5.41) is 9.15. The summed E-state index contributed by atoms with van der Waals surface area (Å²) in [4.78, 5) is 24.2. The molecule has 3 aromatic rings. The van der Waals surface area contributed by atoms with Gasteiger partial charge in [-0.05, 0) is 55.6 Å². The largest absolute Gasteiger partial charge is 0.475 e. The zero-order chi connectivity index (χ0) is 32.0. The Hall–Kier alpha value is -4.24. The van der Waals surface area contributed by atoms with E-state index in [1.54, 1.807) is 32.2 Å². The van der Waals surface area contributed by atoms with E-state index in [2.05, 4.69) is 20.6 Å². The quantitative estimate of drug-likeness (QED) is 0.210. The molecule has 1 aromatic heterocycles. The van der Waals surface area contributed by atoms with E-state index in [0.717, 1.165) is 31.6 Å². The number of hydrogen-bond donors (Lipinski definition) is 3. The van der Waals surface area contributed by atoms with Crippen LogP contribution in [0.15, 0.2) is 48.5 Å². The smallest absolute Gasteiger partial charge is 0.386 e. The summed E-state index contributed by atoms with van der Waals surface area (Å²) in [7, 11) is 1.68. The van der Waals surface area contributed by atoms with Gasteiger partial charge in [0.05, 0.1) is 18.9 Å². The molecule has 1 atom stereocenters. The average Bonchev–Trinajstić information content (AvgIpc) is 3.55. The van der Waals surface area contributed by atoms with E-state index in [1.165, 1.54) is 16.8 Å². The van der Waals surface area contributed by atoms with Crippen LogP contribution in [-0.2, 0) is 9.53 Å². The average molecular weight is 615 g/mol. The monoisotopic (exact) mass is 614 g/mol. The topological polar surface area (TPSA) is 124 Å². The third kappa shape index (κ3) is 11.9. The molecule has 0 bridgehead atoms. The van der Waals surface area contributed by atoms with Gasteiger partial charge >= 0.3 is 12.2 Å². The van der Waals surface area contributed by atoms with Gasteiger partial charge in [0, 0.05) is 27.1 Å². The Morgan fingerprint density at radius 1 is 1.16 bits per heavy atom. The fourth-order valence-electron chi connectivity index (χ4n) is 4.11. The molecule has 0 aliphatic carbocycles. The second kappa shape index (κ2) is 17.0. The maximum Gasteiger partial charge on any atom is 0.386 e. The summed E-state index contributed by atoms with van der Waals surface area (Å²) in [6, 6.07) is 12.5. The van der Waals surface area contributed by atoms with Crippen molar-refractivity contribution in [2.24, 2.45) is 5.73 Å². The Bertz CT molecular complexity index is 1300. The van der Waals surface area contributed by atoms with Crippen LogP contribution in [0.25, 0.3) is 5.69 Å². The first-order chi connectivity index (χ1) is 20.4. The molecule has 43 heavy (non-hydrogen) atoms. The number of amides is 3. The van der Waals surface area contributed by atoms with Crippen molar-refractivity contribution in [3.63, 3.8) is 0 Å². The molecule has 3 amide bonds. The maximum atomic E-state index is 13.1. The molecule has 1 fully saturated rings. The second-order valence-corrected chi connectivity index (χ2v) is 9.19. The highest BCUT2D eigenvalue weighted by Gasteiger charge is 2.24. The van der Waals surface area contributed by atoms with Crippen LogP contribution in [0.3, 0.4) is 0 Å². The molecule has 1 aliphatic rings. The van der Waals surface area contributed by atoms with Crippen LogP contribution in [0.1, 0.15) is 31.7 Å². The highest BCUT2D eigenvalue weighted by Crippen LogP contribution is 2.34. The normalized spacial score (nSPS) is 14.6. The SMILES string of the molecule is CC(F)(F)F.CCOc1nn(-c2ccccc2)c(NC(N)=O)c1NC=O.COCCN1CCC(c2ccc(F)c(F)c2)C1. The number of nitrogens with zero attached hydrogens (tertiary/aromatic N) is 3. The molecular formula is C28H35F5N6O4. The van der Waals surface area contributed by atoms with Crippen molar-refractivity contribution < 1.29 is 41.0 Å². The lowest BCUT2D eigenvalue weighted by molar-refractivity contribution is -0.110. The van der Waals surface area contributed by atoms with Crippen molar-refractivity contribution in [1.29, 1.82) is 0 Å². The Balaban J connectivity index is 0.000000264. The number of urea groups is 1. The molecule has 1 aliphatic heterocycles. The van der Waals surface area contributed by atoms with E-state index in [0.29, 0.717) is 31.2 Å². The van der Waals surface area contributed by atoms with Crippen LogP contribution < -0.4 is 21.1 Å². The number of methoxy groups -OCH3 is 1. The van der Waals surface area contributed by atoms with Crippen molar-refractivity contribution in [2.75, 3.05) is 50.6 Å². The van der Waals surface area contributed by atoms with E-state index in [-0.39, 0.29) is 24.3 Å². The summed E-state index contributed by atoms with van der Waals surface area (Å²) in [6.07, 6.45) is -2.53. The first kappa shape index (κ1) is 35.0. The maximum absolute atomic E-state index is 13.1. The standard InChI is InChI=1S/C13H17F2NO.C13H15N5O3.C2H3F3/c1-17-7-6-16-5-4-11(9-16)10-2-3-12(14)13(15)8-10;1-2-21-12-10(15-8-19)11(16-13(14)20)18(17-12)9-6-4-3-5-7-9;1-2(3,4)5/h2-3,8,11H,4-7,9H2,1H3;3-8H,2H2,1H3,(H,15,19)(H3,14,16,20);1H3. The minimum atomic E-state index is -4.00. The number of carbonyl (C=O) groups is 2. The number of hydrogen-bond acceptors (Lipinski definition) is 6. The summed E-state index contributed by atoms with van der Waals surface area (Å²) in [6.45, 7) is 5.83. The number of para-hydroxylation sites is 1. The summed E-state index contributed by atoms with van der Waals surface area (Å²) in [5.41, 5.74) is 6.99. The molecule has 0 spiro atoms. The summed E-state index contributed by atoms with van der Waals surface area (Å²) < 4.78 is 68.8. The highest BCUT2D eigenvalue weighted by molar-refractivity contribution is 5.94. The fourth-order valence-corrected chi connectivity index (χ4v) is 4.11. The number of nitrogens with one attached hydrogen (secondary N) is 2. The predicted octanol–water partition coefficient (Wildman–Crippen LogP) is 5.30. The second-order valence-electron chi connectivity index (χ2n) is 9.19. The number of benzene rings is 2. The number of aromatic nitrogens is 2. The number of carbonyl (C=O) groups excluding carboxylic acids is 2. The lowest BCUT2D eigenvalue weighted by Crippen LogP contribution is -2.24. The van der Waals surface area contributed by atoms with E-state index < -0.39 is 23.8 Å². The van der Waals surface area contributed by atoms with Gasteiger partial charge in [-0.1, -0.05) is 24.3 Å². The van der Waals surface area contributed by atoms with E-state index >= 15 is 0 Å². The first-order valence-electron chi connectivity index (χ1n) is 13.2. The van der Waals surface area contributed by atoms with Crippen molar-refractivity contribution in [1.82, 2.24) is 14.7 Å². The Morgan fingerprint density at radius 2 is 1.84 bits per heavy atom. The lowest BCUT2D eigenvalue weighted by Gasteiger charge is -2.15. The van der Waals surface area contributed by atoms with Crippen LogP contribution in [0.5, 0.6) is 5.88 Å². The molecule has 0 saturated carbocycles. The molecule has 1 unspecified atom stereocenters. The molecule has 2 aromatic carbocycles. The van der Waals surface area contributed by atoms with Gasteiger partial charge in [-0.3, -0.25) is 10.1 Å². The van der Waals surface area contributed by atoms with Gasteiger partial charge in [0.2, 0.25) is 6.41 Å². The number of ether oxygens (including phenoxy) is 2. The molecule has 4 rings (SSSR count). The number of nitrogens with two attached hydrogens (primary N) is 1. The molecular weight excluding hydrogens is 579 g/mol. The molecule has 1 saturated heterocycles. The molecule has 4 N–H and O–H groups in total. The zero-order valence-corrected chi connectivity index (χ0v) is 24.0. The van der Waals surface area contributed by atoms with Gasteiger partial charge in [0.25, 0.3) is 5.88 Å². The van der Waals surface area contributed by atoms with Crippen molar-refractivity contribution in [3.8, 4) is 11.6 Å². The summed E-state index contributed by atoms with van der Waals surface area (Å²) >= 11 is 0. The van der Waals surface area contributed by atoms with E-state index in [4.69, 9.17) is 15.2 Å². The van der Waals surface area contributed by atoms with Crippen molar-refractivity contribution >= 4 is 23.9 Å². The number of alkyl halides is 3. The number of halogens is 5. The number of rotatable bonds is 10. The fraction of sp³-hybridized carbons (Fsp3) is 0.393. The first-order valence-corrected chi connectivity index (χ1v) is 13.2. The Labute approximate surface area is 245 Å². The summed E-state index contributed by atoms with van der Waals surface area (Å²) in [5.74, 6) is -0.802. The van der Waals surface area contributed by atoms with Gasteiger partial charge < -0.3 is 25.4 Å². The third-order valence-electron chi connectivity index (χ3n) is 5.88. The number of primary amides is 1. The molecule has 15 heteroatoms. The lowest BCUT2D eigenvalue weighted by atomic mass is 9.98. The molecule has 0 radical (unpaired) electrons. The number of anilines is 2. The zero-order valence-electron chi connectivity index (χ0n) is 24.0. The van der Waals surface area contributed by atoms with Gasteiger partial charge in [-0.15, -0.1) is 5.10 Å².